The molecule has 0 N–H and O–H groups in total. The normalized spacial score (nSPS) is 10.6. The third kappa shape index (κ3) is 6.65. The number of carbonyl (C=O) groups excluding carboxylic acids is 1. The van der Waals surface area contributed by atoms with E-state index >= 15 is 0 Å². The second-order valence-corrected chi connectivity index (χ2v) is 8.34. The Morgan fingerprint density at radius 1 is 0.853 bits per heavy atom. The zero-order valence-corrected chi connectivity index (χ0v) is 19.3. The van der Waals surface area contributed by atoms with Crippen molar-refractivity contribution in [3.63, 3.8) is 0 Å². The number of halogens is 2. The number of amides is 1. The molecule has 0 unspecified atom stereocenters. The number of nitrogens with zero attached hydrogens (tertiary/aromatic N) is 2. The van der Waals surface area contributed by atoms with Crippen LogP contribution in [-0.4, -0.2) is 22.4 Å². The predicted molar refractivity (Wildman–Crippen MR) is 131 cm³/mol. The summed E-state index contributed by atoms with van der Waals surface area (Å²) in [5.41, 5.74) is 3.47. The maximum absolute atomic E-state index is 13.3. The number of hydrogen-bond acceptors (Lipinski definition) is 3. The first-order valence-electron chi connectivity index (χ1n) is 11.0. The van der Waals surface area contributed by atoms with Crippen molar-refractivity contribution < 1.29 is 13.9 Å². The average molecular weight is 475 g/mol. The first-order valence-corrected chi connectivity index (χ1v) is 11.3. The van der Waals surface area contributed by atoms with Gasteiger partial charge in [-0.25, -0.2) is 4.39 Å². The van der Waals surface area contributed by atoms with Gasteiger partial charge >= 0.3 is 0 Å². The topological polar surface area (TPSA) is 42.4 Å². The monoisotopic (exact) mass is 474 g/mol. The highest BCUT2D eigenvalue weighted by Crippen LogP contribution is 2.20. The molecule has 4 nitrogen and oxygen atoms in total. The summed E-state index contributed by atoms with van der Waals surface area (Å²) in [7, 11) is 0. The number of aromatic nitrogens is 1. The Balaban J connectivity index is 1.46. The van der Waals surface area contributed by atoms with Gasteiger partial charge in [0.25, 0.3) is 5.91 Å². The summed E-state index contributed by atoms with van der Waals surface area (Å²) < 4.78 is 19.0. The van der Waals surface area contributed by atoms with Gasteiger partial charge in [-0.05, 0) is 71.3 Å². The zero-order valence-electron chi connectivity index (χ0n) is 18.5. The molecule has 3 aromatic carbocycles. The quantitative estimate of drug-likeness (QED) is 0.284. The van der Waals surface area contributed by atoms with Gasteiger partial charge in [0, 0.05) is 42.5 Å². The summed E-state index contributed by atoms with van der Waals surface area (Å²) in [6, 6.07) is 24.9. The molecule has 4 rings (SSSR count). The molecule has 0 saturated carbocycles. The molecule has 0 atom stereocenters. The van der Waals surface area contributed by atoms with Gasteiger partial charge in [-0.3, -0.25) is 9.78 Å². The van der Waals surface area contributed by atoms with Crippen LogP contribution in [0.5, 0.6) is 5.75 Å². The lowest BCUT2D eigenvalue weighted by Crippen LogP contribution is -2.30. The lowest BCUT2D eigenvalue weighted by molar-refractivity contribution is 0.0729. The van der Waals surface area contributed by atoms with Crippen LogP contribution in [0.1, 0.15) is 27.0 Å². The molecule has 0 fully saturated rings. The van der Waals surface area contributed by atoms with Crippen LogP contribution >= 0.6 is 11.6 Å². The van der Waals surface area contributed by atoms with E-state index in [2.05, 4.69) is 4.98 Å². The first-order chi connectivity index (χ1) is 16.6. The van der Waals surface area contributed by atoms with Crippen LogP contribution in [0.2, 0.25) is 5.02 Å². The minimum absolute atomic E-state index is 0.109. The molecular weight excluding hydrogens is 451 g/mol. The van der Waals surface area contributed by atoms with Gasteiger partial charge in [0.1, 0.15) is 11.6 Å². The van der Waals surface area contributed by atoms with Crippen molar-refractivity contribution in [3.05, 3.63) is 130 Å². The number of ether oxygens (including phenoxy) is 1. The maximum Gasteiger partial charge on any atom is 0.254 e. The molecule has 1 heterocycles. The molecule has 0 saturated heterocycles. The summed E-state index contributed by atoms with van der Waals surface area (Å²) in [4.78, 5) is 19.2. The molecule has 0 aliphatic heterocycles. The van der Waals surface area contributed by atoms with E-state index in [1.54, 1.807) is 53.7 Å². The van der Waals surface area contributed by atoms with Crippen molar-refractivity contribution in [2.24, 2.45) is 0 Å². The van der Waals surface area contributed by atoms with E-state index in [4.69, 9.17) is 16.3 Å². The molecule has 0 aliphatic carbocycles. The first kappa shape index (κ1) is 23.5. The SMILES string of the molecule is O=C(c1cccc(Cl)c1)N(Cc1ccncc1)Cc1cccc(OCCc2ccc(F)cc2)c1. The number of rotatable bonds is 9. The summed E-state index contributed by atoms with van der Waals surface area (Å²) >= 11 is 6.12. The number of carbonyl (C=O) groups is 1. The van der Waals surface area contributed by atoms with E-state index in [1.165, 1.54) is 12.1 Å². The molecule has 34 heavy (non-hydrogen) atoms. The molecule has 0 radical (unpaired) electrons. The fraction of sp³-hybridized carbons (Fsp3) is 0.143. The zero-order chi connectivity index (χ0) is 23.8. The van der Waals surface area contributed by atoms with E-state index in [9.17, 15) is 9.18 Å². The van der Waals surface area contributed by atoms with Gasteiger partial charge in [0.15, 0.2) is 0 Å². The second-order valence-electron chi connectivity index (χ2n) is 7.90. The Hall–Kier alpha value is -3.70. The summed E-state index contributed by atoms with van der Waals surface area (Å²) in [5.74, 6) is 0.363. The largest absolute Gasteiger partial charge is 0.493 e. The van der Waals surface area contributed by atoms with Crippen molar-refractivity contribution in [1.29, 1.82) is 0 Å². The average Bonchev–Trinajstić information content (AvgIpc) is 2.85. The van der Waals surface area contributed by atoms with Crippen molar-refractivity contribution in [2.45, 2.75) is 19.5 Å². The van der Waals surface area contributed by atoms with E-state index < -0.39 is 0 Å². The van der Waals surface area contributed by atoms with Crippen molar-refractivity contribution in [3.8, 4) is 5.75 Å². The Bertz CT molecular complexity index is 1230. The van der Waals surface area contributed by atoms with Crippen LogP contribution in [0.15, 0.2) is 97.3 Å². The van der Waals surface area contributed by atoms with E-state index in [1.807, 2.05) is 36.4 Å². The van der Waals surface area contributed by atoms with E-state index in [0.29, 0.717) is 36.7 Å². The van der Waals surface area contributed by atoms with Gasteiger partial charge in [0.05, 0.1) is 6.61 Å². The standard InChI is InChI=1S/C28H24ClFN2O2/c29-25-5-2-4-24(18-25)28(33)32(19-22-11-14-31-15-12-22)20-23-3-1-6-27(17-23)34-16-13-21-7-9-26(30)10-8-21/h1-12,14-15,17-18H,13,16,19-20H2. The molecular formula is C28H24ClFN2O2. The molecule has 0 spiro atoms. The molecule has 1 aromatic heterocycles. The highest BCUT2D eigenvalue weighted by Gasteiger charge is 2.17. The van der Waals surface area contributed by atoms with Crippen LogP contribution in [-0.2, 0) is 19.5 Å². The van der Waals surface area contributed by atoms with Gasteiger partial charge in [0.2, 0.25) is 0 Å². The summed E-state index contributed by atoms with van der Waals surface area (Å²) in [6.45, 7) is 1.31. The van der Waals surface area contributed by atoms with E-state index in [-0.39, 0.29) is 11.7 Å². The summed E-state index contributed by atoms with van der Waals surface area (Å²) in [6.07, 6.45) is 4.10. The van der Waals surface area contributed by atoms with Crippen LogP contribution in [0.4, 0.5) is 4.39 Å². The van der Waals surface area contributed by atoms with Gasteiger partial charge in [-0.15, -0.1) is 0 Å². The van der Waals surface area contributed by atoms with E-state index in [0.717, 1.165) is 22.4 Å². The minimum atomic E-state index is -0.249. The highest BCUT2D eigenvalue weighted by molar-refractivity contribution is 6.30. The third-order valence-corrected chi connectivity index (χ3v) is 5.56. The maximum atomic E-state index is 13.3. The predicted octanol–water partition coefficient (Wildman–Crippen LogP) is 6.34. The molecule has 0 bridgehead atoms. The van der Waals surface area contributed by atoms with Crippen molar-refractivity contribution >= 4 is 17.5 Å². The fourth-order valence-corrected chi connectivity index (χ4v) is 3.79. The Labute approximate surface area is 203 Å². The van der Waals surface area contributed by atoms with Crippen LogP contribution < -0.4 is 4.74 Å². The van der Waals surface area contributed by atoms with Crippen molar-refractivity contribution in [1.82, 2.24) is 9.88 Å². The second kappa shape index (κ2) is 11.4. The molecule has 0 aliphatic rings. The molecule has 4 aromatic rings. The third-order valence-electron chi connectivity index (χ3n) is 5.33. The Kier molecular flexibility index (Phi) is 7.89. The van der Waals surface area contributed by atoms with Crippen LogP contribution in [0, 0.1) is 5.82 Å². The minimum Gasteiger partial charge on any atom is -0.493 e. The van der Waals surface area contributed by atoms with Crippen LogP contribution in [0.3, 0.4) is 0 Å². The summed E-state index contributed by atoms with van der Waals surface area (Å²) in [5, 5.41) is 0.520. The molecule has 172 valence electrons. The lowest BCUT2D eigenvalue weighted by Gasteiger charge is -2.23. The highest BCUT2D eigenvalue weighted by atomic mass is 35.5. The van der Waals surface area contributed by atoms with Crippen LogP contribution in [0.25, 0.3) is 0 Å². The number of pyridine rings is 1. The Morgan fingerprint density at radius 2 is 1.59 bits per heavy atom. The smallest absolute Gasteiger partial charge is 0.254 e. The number of hydrogen-bond donors (Lipinski definition) is 0. The van der Waals surface area contributed by atoms with Gasteiger partial charge < -0.3 is 9.64 Å². The Morgan fingerprint density at radius 3 is 2.35 bits per heavy atom. The number of benzene rings is 3. The van der Waals surface area contributed by atoms with Gasteiger partial charge in [-0.2, -0.15) is 0 Å². The lowest BCUT2D eigenvalue weighted by atomic mass is 10.1. The molecule has 6 heteroatoms. The van der Waals surface area contributed by atoms with Crippen molar-refractivity contribution in [2.75, 3.05) is 6.61 Å². The molecule has 1 amide bonds. The van der Waals surface area contributed by atoms with Gasteiger partial charge in [-0.1, -0.05) is 41.9 Å². The fourth-order valence-electron chi connectivity index (χ4n) is 3.60.